The molecule has 0 unspecified atom stereocenters. The number of nitriles is 1. The van der Waals surface area contributed by atoms with Crippen LogP contribution in [0.3, 0.4) is 0 Å². The minimum Gasteiger partial charge on any atom is -0.462 e. The van der Waals surface area contributed by atoms with Gasteiger partial charge in [0.1, 0.15) is 11.9 Å². The van der Waals surface area contributed by atoms with Crippen molar-refractivity contribution in [2.45, 2.75) is 13.1 Å². The molecular weight excluding hydrogens is 337 g/mol. The van der Waals surface area contributed by atoms with Gasteiger partial charge in [-0.05, 0) is 19.1 Å². The van der Waals surface area contributed by atoms with E-state index >= 15 is 0 Å². The van der Waals surface area contributed by atoms with Gasteiger partial charge in [0.25, 0.3) is 0 Å². The lowest BCUT2D eigenvalue weighted by Crippen LogP contribution is -2.44. The van der Waals surface area contributed by atoms with Crippen molar-refractivity contribution in [1.82, 2.24) is 9.88 Å². The Morgan fingerprint density at radius 3 is 2.52 bits per heavy atom. The first-order valence-corrected chi connectivity index (χ1v) is 7.66. The molecule has 1 aromatic heterocycles. The number of hydrogen-bond acceptors (Lipinski definition) is 6. The molecule has 1 aromatic rings. The van der Waals surface area contributed by atoms with Gasteiger partial charge in [0, 0.05) is 38.6 Å². The van der Waals surface area contributed by atoms with E-state index in [1.54, 1.807) is 11.8 Å². The molecule has 0 aliphatic carbocycles. The molecule has 0 saturated carbocycles. The molecule has 25 heavy (non-hydrogen) atoms. The minimum absolute atomic E-state index is 0.0806. The van der Waals surface area contributed by atoms with Crippen LogP contribution in [0.4, 0.5) is 19.0 Å². The molecule has 2 rings (SSSR count). The summed E-state index contributed by atoms with van der Waals surface area (Å²) in [6.07, 6.45) is -2.14. The third kappa shape index (κ3) is 4.86. The Labute approximate surface area is 143 Å². The highest BCUT2D eigenvalue weighted by Crippen LogP contribution is 2.29. The number of ether oxygens (including phenoxy) is 1. The Kier molecular flexibility index (Phi) is 5.85. The highest BCUT2D eigenvalue weighted by molar-refractivity contribution is 5.92. The van der Waals surface area contributed by atoms with Crippen molar-refractivity contribution >= 4 is 11.8 Å². The number of rotatable bonds is 4. The molecular formula is C16H17F3N4O2. The number of esters is 1. The fraction of sp³-hybridized carbons (Fsp3) is 0.438. The number of piperazine rings is 1. The van der Waals surface area contributed by atoms with Gasteiger partial charge in [-0.1, -0.05) is 0 Å². The van der Waals surface area contributed by atoms with Crippen molar-refractivity contribution in [3.05, 3.63) is 35.7 Å². The van der Waals surface area contributed by atoms with Crippen LogP contribution in [0.5, 0.6) is 0 Å². The molecule has 0 bridgehead atoms. The standard InChI is InChI=1S/C16H17F3N4O2/c1-2-25-15(24)12(9-20)11-22-5-7-23(8-6-22)14-4-3-13(10-21-14)16(17,18)19/h3-4,10-11H,2,5-8H2,1H3/b12-11-. The molecule has 2 heterocycles. The van der Waals surface area contributed by atoms with E-state index in [0.29, 0.717) is 32.0 Å². The first-order valence-electron chi connectivity index (χ1n) is 7.66. The number of pyridine rings is 1. The van der Waals surface area contributed by atoms with Crippen molar-refractivity contribution in [2.75, 3.05) is 37.7 Å². The summed E-state index contributed by atoms with van der Waals surface area (Å²) in [5.74, 6) is -0.209. The molecule has 134 valence electrons. The average Bonchev–Trinajstić information content (AvgIpc) is 2.59. The highest BCUT2D eigenvalue weighted by Gasteiger charge is 2.31. The lowest BCUT2D eigenvalue weighted by Gasteiger charge is -2.34. The third-order valence-corrected chi connectivity index (χ3v) is 3.64. The van der Waals surface area contributed by atoms with Crippen LogP contribution in [0.25, 0.3) is 0 Å². The van der Waals surface area contributed by atoms with Crippen LogP contribution >= 0.6 is 0 Å². The van der Waals surface area contributed by atoms with Gasteiger partial charge in [-0.2, -0.15) is 18.4 Å². The predicted octanol–water partition coefficient (Wildman–Crippen LogP) is 2.19. The zero-order chi connectivity index (χ0) is 18.4. The normalized spacial score (nSPS) is 15.7. The van der Waals surface area contributed by atoms with Gasteiger partial charge >= 0.3 is 12.1 Å². The van der Waals surface area contributed by atoms with E-state index in [2.05, 4.69) is 4.98 Å². The zero-order valence-electron chi connectivity index (χ0n) is 13.6. The molecule has 6 nitrogen and oxygen atoms in total. The number of halogens is 3. The number of nitrogens with zero attached hydrogens (tertiary/aromatic N) is 4. The quantitative estimate of drug-likeness (QED) is 0.469. The number of hydrogen-bond donors (Lipinski definition) is 0. The molecule has 0 amide bonds. The number of carbonyl (C=O) groups excluding carboxylic acids is 1. The van der Waals surface area contributed by atoms with E-state index < -0.39 is 17.7 Å². The summed E-state index contributed by atoms with van der Waals surface area (Å²) >= 11 is 0. The molecule has 0 N–H and O–H groups in total. The lowest BCUT2D eigenvalue weighted by atomic mass is 10.2. The highest BCUT2D eigenvalue weighted by atomic mass is 19.4. The fourth-order valence-electron chi connectivity index (χ4n) is 2.34. The van der Waals surface area contributed by atoms with Crippen molar-refractivity contribution < 1.29 is 22.7 Å². The van der Waals surface area contributed by atoms with Crippen LogP contribution in [0.2, 0.25) is 0 Å². The van der Waals surface area contributed by atoms with Gasteiger partial charge in [-0.25, -0.2) is 9.78 Å². The molecule has 1 fully saturated rings. The van der Waals surface area contributed by atoms with Crippen molar-refractivity contribution in [3.8, 4) is 6.07 Å². The SMILES string of the molecule is CCOC(=O)/C(C#N)=C\N1CCN(c2ccc(C(F)(F)F)cn2)CC1. The maximum absolute atomic E-state index is 12.6. The van der Waals surface area contributed by atoms with Crippen LogP contribution in [-0.2, 0) is 15.7 Å². The van der Waals surface area contributed by atoms with Crippen molar-refractivity contribution in [3.63, 3.8) is 0 Å². The van der Waals surface area contributed by atoms with E-state index in [-0.39, 0.29) is 12.2 Å². The topological polar surface area (TPSA) is 69.5 Å². The van der Waals surface area contributed by atoms with Crippen LogP contribution in [0.1, 0.15) is 12.5 Å². The first-order chi connectivity index (χ1) is 11.8. The molecule has 1 saturated heterocycles. The maximum Gasteiger partial charge on any atom is 0.417 e. The third-order valence-electron chi connectivity index (χ3n) is 3.64. The number of carbonyl (C=O) groups is 1. The molecule has 0 spiro atoms. The maximum atomic E-state index is 12.6. The van der Waals surface area contributed by atoms with E-state index in [0.717, 1.165) is 12.3 Å². The van der Waals surface area contributed by atoms with Crippen LogP contribution < -0.4 is 4.90 Å². The van der Waals surface area contributed by atoms with Crippen LogP contribution in [-0.4, -0.2) is 48.6 Å². The molecule has 0 aromatic carbocycles. The molecule has 0 radical (unpaired) electrons. The number of alkyl halides is 3. The largest absolute Gasteiger partial charge is 0.462 e. The fourth-order valence-corrected chi connectivity index (χ4v) is 2.34. The number of anilines is 1. The second-order valence-corrected chi connectivity index (χ2v) is 5.30. The molecule has 1 aliphatic heterocycles. The van der Waals surface area contributed by atoms with Gasteiger partial charge in [0.2, 0.25) is 0 Å². The Morgan fingerprint density at radius 1 is 1.36 bits per heavy atom. The van der Waals surface area contributed by atoms with Gasteiger partial charge < -0.3 is 14.5 Å². The second kappa shape index (κ2) is 7.88. The smallest absolute Gasteiger partial charge is 0.417 e. The van der Waals surface area contributed by atoms with Crippen molar-refractivity contribution in [1.29, 1.82) is 5.26 Å². The summed E-state index contributed by atoms with van der Waals surface area (Å²) < 4.78 is 42.5. The average molecular weight is 354 g/mol. The first kappa shape index (κ1) is 18.6. The van der Waals surface area contributed by atoms with E-state index in [4.69, 9.17) is 10.00 Å². The Hall–Kier alpha value is -2.76. The summed E-state index contributed by atoms with van der Waals surface area (Å²) in [6.45, 7) is 3.88. The number of aromatic nitrogens is 1. The molecule has 0 atom stereocenters. The van der Waals surface area contributed by atoms with Crippen LogP contribution in [0.15, 0.2) is 30.1 Å². The summed E-state index contributed by atoms with van der Waals surface area (Å²) in [7, 11) is 0. The van der Waals surface area contributed by atoms with Crippen LogP contribution in [0, 0.1) is 11.3 Å². The Bertz CT molecular complexity index is 672. The summed E-state index contributed by atoms with van der Waals surface area (Å²) in [4.78, 5) is 19.1. The zero-order valence-corrected chi connectivity index (χ0v) is 13.6. The lowest BCUT2D eigenvalue weighted by molar-refractivity contribution is -0.138. The van der Waals surface area contributed by atoms with Gasteiger partial charge in [-0.15, -0.1) is 0 Å². The molecule has 1 aliphatic rings. The summed E-state index contributed by atoms with van der Waals surface area (Å²) in [6, 6.07) is 4.15. The monoisotopic (exact) mass is 354 g/mol. The Morgan fingerprint density at radius 2 is 2.04 bits per heavy atom. The van der Waals surface area contributed by atoms with Gasteiger partial charge in [0.15, 0.2) is 5.57 Å². The van der Waals surface area contributed by atoms with Gasteiger partial charge in [0.05, 0.1) is 12.2 Å². The van der Waals surface area contributed by atoms with E-state index in [9.17, 15) is 18.0 Å². The molecule has 9 heteroatoms. The van der Waals surface area contributed by atoms with E-state index in [1.807, 2.05) is 11.0 Å². The second-order valence-electron chi connectivity index (χ2n) is 5.30. The Balaban J connectivity index is 1.97. The van der Waals surface area contributed by atoms with Crippen molar-refractivity contribution in [2.24, 2.45) is 0 Å². The summed E-state index contributed by atoms with van der Waals surface area (Å²) in [5, 5.41) is 9.02. The minimum atomic E-state index is -4.41. The summed E-state index contributed by atoms with van der Waals surface area (Å²) in [5.41, 5.74) is -0.867. The predicted molar refractivity (Wildman–Crippen MR) is 83.4 cm³/mol. The van der Waals surface area contributed by atoms with E-state index in [1.165, 1.54) is 12.3 Å². The van der Waals surface area contributed by atoms with Gasteiger partial charge in [-0.3, -0.25) is 0 Å².